The number of halogens is 2. The van der Waals surface area contributed by atoms with E-state index in [2.05, 4.69) is 47.1 Å². The molecule has 0 bridgehead atoms. The number of morpholine rings is 1. The van der Waals surface area contributed by atoms with E-state index in [1.165, 1.54) is 5.56 Å². The Bertz CT molecular complexity index is 1180. The van der Waals surface area contributed by atoms with Gasteiger partial charge in [0.15, 0.2) is 0 Å². The molecule has 8 heteroatoms. The monoisotopic (exact) mass is 502 g/mol. The van der Waals surface area contributed by atoms with Crippen molar-refractivity contribution in [1.82, 2.24) is 18.9 Å². The zero-order chi connectivity index (χ0) is 23.7. The summed E-state index contributed by atoms with van der Waals surface area (Å²) in [4.78, 5) is 18.6. The lowest BCUT2D eigenvalue weighted by Gasteiger charge is -2.36. The summed E-state index contributed by atoms with van der Waals surface area (Å²) in [6.45, 7) is 8.91. The van der Waals surface area contributed by atoms with Crippen molar-refractivity contribution in [3.63, 3.8) is 0 Å². The first-order valence-electron chi connectivity index (χ1n) is 12.2. The summed E-state index contributed by atoms with van der Waals surface area (Å²) in [5.74, 6) is 0. The predicted octanol–water partition coefficient (Wildman–Crippen LogP) is 4.84. The van der Waals surface area contributed by atoms with Gasteiger partial charge in [0.25, 0.3) is 0 Å². The van der Waals surface area contributed by atoms with Crippen LogP contribution in [0.5, 0.6) is 0 Å². The SMILES string of the molecule is CC(c1ccccc1)N1CCC(n2c(=O)n(CCN3CCOCC3)c3cc(Cl)c(Cl)cc32)CC1. The number of fused-ring (bicyclic) bond motifs is 1. The minimum absolute atomic E-state index is 0.0381. The fourth-order valence-corrected chi connectivity index (χ4v) is 5.70. The van der Waals surface area contributed by atoms with Crippen LogP contribution in [0, 0.1) is 0 Å². The molecule has 1 aromatic heterocycles. The van der Waals surface area contributed by atoms with E-state index in [1.54, 1.807) is 0 Å². The Hall–Kier alpha value is -1.83. The highest BCUT2D eigenvalue weighted by molar-refractivity contribution is 6.42. The van der Waals surface area contributed by atoms with Crippen molar-refractivity contribution in [2.24, 2.45) is 0 Å². The molecule has 0 spiro atoms. The molecule has 0 radical (unpaired) electrons. The van der Waals surface area contributed by atoms with E-state index in [4.69, 9.17) is 27.9 Å². The lowest BCUT2D eigenvalue weighted by molar-refractivity contribution is 0.0364. The highest BCUT2D eigenvalue weighted by Gasteiger charge is 2.28. The smallest absolute Gasteiger partial charge is 0.329 e. The third-order valence-corrected chi connectivity index (χ3v) is 8.16. The van der Waals surface area contributed by atoms with Crippen LogP contribution in [0.3, 0.4) is 0 Å². The Morgan fingerprint density at radius 3 is 2.26 bits per heavy atom. The molecule has 34 heavy (non-hydrogen) atoms. The summed E-state index contributed by atoms with van der Waals surface area (Å²) in [6.07, 6.45) is 1.86. The van der Waals surface area contributed by atoms with Gasteiger partial charge >= 0.3 is 5.69 Å². The third kappa shape index (κ3) is 4.79. The summed E-state index contributed by atoms with van der Waals surface area (Å²) in [7, 11) is 0. The molecule has 3 aromatic rings. The maximum Gasteiger partial charge on any atom is 0.329 e. The van der Waals surface area contributed by atoms with Crippen molar-refractivity contribution in [1.29, 1.82) is 0 Å². The van der Waals surface area contributed by atoms with Crippen LogP contribution in [0.1, 0.15) is 37.4 Å². The standard InChI is InChI=1S/C26H32Cl2N4O2/c1-19(20-5-3-2-4-6-20)30-9-7-21(8-10-30)32-25-18-23(28)22(27)17-24(25)31(26(32)33)12-11-29-13-15-34-16-14-29/h2-6,17-19,21H,7-16H2,1H3. The summed E-state index contributed by atoms with van der Waals surface area (Å²) < 4.78 is 9.32. The molecule has 1 atom stereocenters. The van der Waals surface area contributed by atoms with E-state index in [0.29, 0.717) is 22.6 Å². The summed E-state index contributed by atoms with van der Waals surface area (Å²) in [5.41, 5.74) is 3.12. The average Bonchev–Trinajstić information content (AvgIpc) is 3.13. The molecule has 0 N–H and O–H groups in total. The molecule has 5 rings (SSSR count). The minimum atomic E-state index is 0.0381. The molecular weight excluding hydrogens is 471 g/mol. The summed E-state index contributed by atoms with van der Waals surface area (Å²) in [5, 5.41) is 0.973. The number of benzene rings is 2. The van der Waals surface area contributed by atoms with Crippen LogP contribution in [0.4, 0.5) is 0 Å². The number of likely N-dealkylation sites (tertiary alicyclic amines) is 1. The van der Waals surface area contributed by atoms with Crippen LogP contribution in [-0.2, 0) is 11.3 Å². The van der Waals surface area contributed by atoms with Gasteiger partial charge in [0, 0.05) is 51.4 Å². The topological polar surface area (TPSA) is 42.6 Å². The Balaban J connectivity index is 1.39. The number of piperidine rings is 1. The zero-order valence-corrected chi connectivity index (χ0v) is 21.1. The van der Waals surface area contributed by atoms with Gasteiger partial charge < -0.3 is 4.74 Å². The zero-order valence-electron chi connectivity index (χ0n) is 19.6. The van der Waals surface area contributed by atoms with Crippen molar-refractivity contribution < 1.29 is 4.74 Å². The average molecular weight is 503 g/mol. The number of ether oxygens (including phenoxy) is 1. The van der Waals surface area contributed by atoms with Crippen LogP contribution in [0.25, 0.3) is 11.0 Å². The van der Waals surface area contributed by atoms with Crippen LogP contribution < -0.4 is 5.69 Å². The quantitative estimate of drug-likeness (QED) is 0.483. The second kappa shape index (κ2) is 10.4. The van der Waals surface area contributed by atoms with E-state index in [-0.39, 0.29) is 11.7 Å². The molecular formula is C26H32Cl2N4O2. The van der Waals surface area contributed by atoms with Crippen molar-refractivity contribution in [2.75, 3.05) is 45.9 Å². The molecule has 6 nitrogen and oxygen atoms in total. The van der Waals surface area contributed by atoms with Gasteiger partial charge in [0.1, 0.15) is 0 Å². The van der Waals surface area contributed by atoms with Gasteiger partial charge in [0.2, 0.25) is 0 Å². The molecule has 2 fully saturated rings. The lowest BCUT2D eigenvalue weighted by atomic mass is 10.00. The highest BCUT2D eigenvalue weighted by Crippen LogP contribution is 2.33. The van der Waals surface area contributed by atoms with Crippen LogP contribution in [0.2, 0.25) is 10.0 Å². The lowest BCUT2D eigenvalue weighted by Crippen LogP contribution is -2.40. The van der Waals surface area contributed by atoms with Crippen LogP contribution in [-0.4, -0.2) is 64.9 Å². The Morgan fingerprint density at radius 1 is 0.941 bits per heavy atom. The maximum atomic E-state index is 13.7. The molecule has 3 heterocycles. The molecule has 0 aliphatic carbocycles. The van der Waals surface area contributed by atoms with Gasteiger partial charge in [-0.05, 0) is 37.5 Å². The first-order chi connectivity index (χ1) is 16.5. The molecule has 1 unspecified atom stereocenters. The van der Waals surface area contributed by atoms with E-state index < -0.39 is 0 Å². The summed E-state index contributed by atoms with van der Waals surface area (Å²) >= 11 is 12.8. The number of imidazole rings is 1. The number of rotatable bonds is 6. The van der Waals surface area contributed by atoms with Gasteiger partial charge in [-0.15, -0.1) is 0 Å². The first-order valence-corrected chi connectivity index (χ1v) is 13.0. The summed E-state index contributed by atoms with van der Waals surface area (Å²) in [6, 6.07) is 14.9. The van der Waals surface area contributed by atoms with Crippen LogP contribution in [0.15, 0.2) is 47.3 Å². The number of hydrogen-bond acceptors (Lipinski definition) is 4. The van der Waals surface area contributed by atoms with Gasteiger partial charge in [0.05, 0.1) is 34.3 Å². The number of hydrogen-bond donors (Lipinski definition) is 0. The predicted molar refractivity (Wildman–Crippen MR) is 138 cm³/mol. The largest absolute Gasteiger partial charge is 0.379 e. The second-order valence-electron chi connectivity index (χ2n) is 9.37. The number of nitrogens with zero attached hydrogens (tertiary/aromatic N) is 4. The van der Waals surface area contributed by atoms with Gasteiger partial charge in [-0.2, -0.15) is 0 Å². The Kier molecular flexibility index (Phi) is 7.32. The van der Waals surface area contributed by atoms with E-state index >= 15 is 0 Å². The molecule has 2 aliphatic heterocycles. The molecule has 2 aliphatic rings. The van der Waals surface area contributed by atoms with Gasteiger partial charge in [-0.1, -0.05) is 53.5 Å². The van der Waals surface area contributed by atoms with Gasteiger partial charge in [-0.25, -0.2) is 4.79 Å². The minimum Gasteiger partial charge on any atom is -0.379 e. The third-order valence-electron chi connectivity index (χ3n) is 7.44. The fourth-order valence-electron chi connectivity index (χ4n) is 5.38. The molecule has 2 saturated heterocycles. The van der Waals surface area contributed by atoms with Crippen molar-refractivity contribution >= 4 is 34.2 Å². The first kappa shape index (κ1) is 23.9. The molecule has 0 saturated carbocycles. The Morgan fingerprint density at radius 2 is 1.59 bits per heavy atom. The molecule has 182 valence electrons. The Labute approximate surface area is 210 Å². The van der Waals surface area contributed by atoms with Crippen LogP contribution >= 0.6 is 23.2 Å². The van der Waals surface area contributed by atoms with Crippen molar-refractivity contribution in [3.8, 4) is 0 Å². The van der Waals surface area contributed by atoms with Crippen molar-refractivity contribution in [2.45, 2.75) is 38.4 Å². The maximum absolute atomic E-state index is 13.7. The fraction of sp³-hybridized carbons (Fsp3) is 0.500. The van der Waals surface area contributed by atoms with E-state index in [9.17, 15) is 4.79 Å². The van der Waals surface area contributed by atoms with Gasteiger partial charge in [-0.3, -0.25) is 18.9 Å². The normalized spacial score (nSPS) is 19.6. The molecule has 2 aromatic carbocycles. The second-order valence-corrected chi connectivity index (χ2v) is 10.2. The number of aromatic nitrogens is 2. The van der Waals surface area contributed by atoms with E-state index in [1.807, 2.05) is 21.3 Å². The highest BCUT2D eigenvalue weighted by atomic mass is 35.5. The van der Waals surface area contributed by atoms with Crippen molar-refractivity contribution in [3.05, 3.63) is 68.6 Å². The molecule has 0 amide bonds. The van der Waals surface area contributed by atoms with E-state index in [0.717, 1.165) is 69.8 Å².